The van der Waals surface area contributed by atoms with Crippen LogP contribution in [-0.2, 0) is 4.74 Å². The number of alkyl halides is 1. The van der Waals surface area contributed by atoms with Gasteiger partial charge in [-0.3, -0.25) is 4.79 Å². The molecule has 54 valence electrons. The van der Waals surface area contributed by atoms with E-state index < -0.39 is 14.9 Å². The summed E-state index contributed by atoms with van der Waals surface area (Å²) in [5.41, 5.74) is -0.370. The van der Waals surface area contributed by atoms with Gasteiger partial charge >= 0.3 is 0 Å². The first-order valence-electron chi connectivity index (χ1n) is 2.71. The first kappa shape index (κ1) is 8.62. The molecule has 0 aliphatic heterocycles. The number of hydrogen-bond acceptors (Lipinski definition) is 2. The predicted octanol–water partition coefficient (Wildman–Crippen LogP) is 1.97. The van der Waals surface area contributed by atoms with Crippen LogP contribution < -0.4 is 0 Å². The molecular weight excluding hydrogens is 139 g/mol. The Morgan fingerprint density at radius 1 is 1.56 bits per heavy atom. The van der Waals surface area contributed by atoms with E-state index in [-0.39, 0.29) is 5.59 Å². The molecule has 0 saturated heterocycles. The Balaban J connectivity index is 3.74. The van der Waals surface area contributed by atoms with Crippen molar-refractivity contribution in [2.75, 3.05) is 6.86 Å². The van der Waals surface area contributed by atoms with Crippen LogP contribution in [0.3, 0.4) is 0 Å². The summed E-state index contributed by atoms with van der Waals surface area (Å²) >= 11 is 0. The second kappa shape index (κ2) is 2.96. The molecule has 0 radical (unpaired) electrons. The van der Waals surface area contributed by atoms with E-state index in [2.05, 4.69) is 4.74 Å². The molecule has 0 bridgehead atoms. The summed E-state index contributed by atoms with van der Waals surface area (Å²) in [5, 5.41) is 0. The second-order valence-electron chi connectivity index (χ2n) is 2.79. The van der Waals surface area contributed by atoms with Crippen LogP contribution >= 0.6 is 0 Å². The summed E-state index contributed by atoms with van der Waals surface area (Å²) in [6, 6.07) is 0. The fraction of sp³-hybridized carbons (Fsp3) is 0.800. The van der Waals surface area contributed by atoms with Crippen molar-refractivity contribution < 1.29 is 13.9 Å². The minimum atomic E-state index is -1.88. The largest absolute Gasteiger partial charge is 0.438 e. The van der Waals surface area contributed by atoms with Crippen LogP contribution in [-0.4, -0.2) is 20.5 Å². The number of hydrogen-bond donors (Lipinski definition) is 0. The molecule has 0 N–H and O–H groups in total. The van der Waals surface area contributed by atoms with Crippen LogP contribution in [0, 0.1) is 0 Å². The first-order chi connectivity index (χ1) is 3.98. The molecule has 0 unspecified atom stereocenters. The normalized spacial score (nSPS) is 11.1. The summed E-state index contributed by atoms with van der Waals surface area (Å²) in [7, 11) is -1.88. The molecular formula is C5H11FO2Si. The molecule has 0 aliphatic rings. The number of carbonyl (C=O) groups excluding carboxylic acids is 1. The summed E-state index contributed by atoms with van der Waals surface area (Å²) in [6.45, 7) is 4.43. The van der Waals surface area contributed by atoms with Crippen molar-refractivity contribution in [1.82, 2.24) is 0 Å². The van der Waals surface area contributed by atoms with Crippen molar-refractivity contribution in [3.05, 3.63) is 0 Å². The summed E-state index contributed by atoms with van der Waals surface area (Å²) in [4.78, 5) is 10.7. The van der Waals surface area contributed by atoms with Gasteiger partial charge in [0.05, 0.1) is 0 Å². The van der Waals surface area contributed by atoms with E-state index >= 15 is 0 Å². The van der Waals surface area contributed by atoms with Crippen molar-refractivity contribution in [3.63, 3.8) is 0 Å². The van der Waals surface area contributed by atoms with Crippen molar-refractivity contribution >= 4 is 13.7 Å². The zero-order valence-corrected chi connectivity index (χ0v) is 6.90. The van der Waals surface area contributed by atoms with Crippen LogP contribution in [0.1, 0.15) is 0 Å². The van der Waals surface area contributed by atoms with Crippen LogP contribution in [0.5, 0.6) is 0 Å². The molecule has 4 heteroatoms. The molecule has 0 aliphatic carbocycles. The van der Waals surface area contributed by atoms with E-state index in [1.165, 1.54) is 0 Å². The molecule has 0 rings (SSSR count). The fourth-order valence-electron chi connectivity index (χ4n) is 0.266. The molecule has 0 amide bonds. The third kappa shape index (κ3) is 3.24. The molecule has 0 atom stereocenters. The quantitative estimate of drug-likeness (QED) is 0.562. The SMILES string of the molecule is C[Si](C)(C)C(=O)OCF. The van der Waals surface area contributed by atoms with Gasteiger partial charge < -0.3 is 4.74 Å². The lowest BCUT2D eigenvalue weighted by Crippen LogP contribution is -2.33. The number of ether oxygens (including phenoxy) is 1. The molecule has 2 nitrogen and oxygen atoms in total. The lowest BCUT2D eigenvalue weighted by molar-refractivity contribution is 0.118. The van der Waals surface area contributed by atoms with Gasteiger partial charge in [-0.05, 0) is 0 Å². The van der Waals surface area contributed by atoms with Crippen molar-refractivity contribution in [3.8, 4) is 0 Å². The third-order valence-corrected chi connectivity index (χ3v) is 2.17. The predicted molar refractivity (Wildman–Crippen MR) is 35.8 cm³/mol. The van der Waals surface area contributed by atoms with Crippen LogP contribution in [0.4, 0.5) is 9.18 Å². The molecule has 0 heterocycles. The van der Waals surface area contributed by atoms with Crippen LogP contribution in [0.15, 0.2) is 0 Å². The maximum atomic E-state index is 11.4. The van der Waals surface area contributed by atoms with E-state index in [0.717, 1.165) is 0 Å². The molecule has 9 heavy (non-hydrogen) atoms. The lowest BCUT2D eigenvalue weighted by atomic mass is 11.4. The van der Waals surface area contributed by atoms with E-state index in [1.807, 2.05) is 19.6 Å². The van der Waals surface area contributed by atoms with Crippen molar-refractivity contribution in [1.29, 1.82) is 0 Å². The van der Waals surface area contributed by atoms with E-state index in [0.29, 0.717) is 0 Å². The van der Waals surface area contributed by atoms with Crippen LogP contribution in [0.25, 0.3) is 0 Å². The summed E-state index contributed by atoms with van der Waals surface area (Å²) in [6.07, 6.45) is 0. The minimum absolute atomic E-state index is 0.370. The highest BCUT2D eigenvalue weighted by Crippen LogP contribution is 2.04. The molecule has 0 spiro atoms. The highest BCUT2D eigenvalue weighted by Gasteiger charge is 2.25. The van der Waals surface area contributed by atoms with Gasteiger partial charge in [-0.1, -0.05) is 19.6 Å². The maximum Gasteiger partial charge on any atom is 0.273 e. The standard InChI is InChI=1S/C5H11FO2Si/c1-9(2,3)5(7)8-4-6/h4H2,1-3H3. The van der Waals surface area contributed by atoms with Crippen molar-refractivity contribution in [2.45, 2.75) is 19.6 Å². The average Bonchev–Trinajstić information content (AvgIpc) is 1.64. The average molecular weight is 150 g/mol. The van der Waals surface area contributed by atoms with E-state index in [1.54, 1.807) is 0 Å². The number of halogens is 1. The van der Waals surface area contributed by atoms with Gasteiger partial charge in [-0.15, -0.1) is 0 Å². The fourth-order valence-corrected chi connectivity index (χ4v) is 0.754. The Morgan fingerprint density at radius 3 is 2.11 bits per heavy atom. The first-order valence-corrected chi connectivity index (χ1v) is 6.21. The van der Waals surface area contributed by atoms with Gasteiger partial charge in [0.1, 0.15) is 0 Å². The Bertz CT molecular complexity index is 108. The van der Waals surface area contributed by atoms with Gasteiger partial charge in [0, 0.05) is 0 Å². The molecule has 0 aromatic heterocycles. The smallest absolute Gasteiger partial charge is 0.273 e. The number of rotatable bonds is 2. The topological polar surface area (TPSA) is 26.3 Å². The highest BCUT2D eigenvalue weighted by molar-refractivity contribution is 7.02. The van der Waals surface area contributed by atoms with E-state index in [4.69, 9.17) is 0 Å². The number of carbonyl (C=O) groups is 1. The van der Waals surface area contributed by atoms with Gasteiger partial charge in [0.2, 0.25) is 6.86 Å². The Kier molecular flexibility index (Phi) is 2.83. The molecule has 0 saturated carbocycles. The van der Waals surface area contributed by atoms with Crippen molar-refractivity contribution in [2.24, 2.45) is 0 Å². The van der Waals surface area contributed by atoms with E-state index in [9.17, 15) is 9.18 Å². The third-order valence-electron chi connectivity index (χ3n) is 0.798. The van der Waals surface area contributed by atoms with Gasteiger partial charge in [-0.25, -0.2) is 4.39 Å². The van der Waals surface area contributed by atoms with Gasteiger partial charge in [0.25, 0.3) is 5.59 Å². The Hall–Kier alpha value is -0.383. The molecule has 0 fully saturated rings. The lowest BCUT2D eigenvalue weighted by Gasteiger charge is -2.11. The highest BCUT2D eigenvalue weighted by atomic mass is 28.3. The van der Waals surface area contributed by atoms with Gasteiger partial charge in [0.15, 0.2) is 8.07 Å². The second-order valence-corrected chi connectivity index (χ2v) is 7.70. The zero-order valence-electron chi connectivity index (χ0n) is 5.90. The minimum Gasteiger partial charge on any atom is -0.438 e. The zero-order chi connectivity index (χ0) is 7.49. The summed E-state index contributed by atoms with van der Waals surface area (Å²) < 4.78 is 15.5. The summed E-state index contributed by atoms with van der Waals surface area (Å²) in [5.74, 6) is 0. The Morgan fingerprint density at radius 2 is 2.00 bits per heavy atom. The Labute approximate surface area is 55.0 Å². The van der Waals surface area contributed by atoms with Crippen LogP contribution in [0.2, 0.25) is 19.6 Å². The van der Waals surface area contributed by atoms with Gasteiger partial charge in [-0.2, -0.15) is 0 Å². The maximum absolute atomic E-state index is 11.4. The monoisotopic (exact) mass is 150 g/mol. The molecule has 0 aromatic rings. The molecule has 0 aromatic carbocycles.